The number of sulfonamides is 1. The average Bonchev–Trinajstić information content (AvgIpc) is 2.51. The third-order valence-corrected chi connectivity index (χ3v) is 4.44. The van der Waals surface area contributed by atoms with Crippen molar-refractivity contribution < 1.29 is 8.42 Å². The molecule has 0 aliphatic heterocycles. The molecule has 0 aliphatic carbocycles. The van der Waals surface area contributed by atoms with E-state index in [1.807, 2.05) is 6.07 Å². The van der Waals surface area contributed by atoms with Crippen molar-refractivity contribution in [2.24, 2.45) is 5.14 Å². The first kappa shape index (κ1) is 17.2. The van der Waals surface area contributed by atoms with Gasteiger partial charge in [0.25, 0.3) is 0 Å². The molecule has 1 heterocycles. The molecular formula is C16H22N4O2S. The number of nitrogens with one attached hydrogen (secondary N) is 1. The molecule has 0 bridgehead atoms. The molecular weight excluding hydrogens is 312 g/mol. The summed E-state index contributed by atoms with van der Waals surface area (Å²) in [6.07, 6.45) is 1.54. The van der Waals surface area contributed by atoms with Gasteiger partial charge in [0.1, 0.15) is 10.7 Å². The van der Waals surface area contributed by atoms with Crippen molar-refractivity contribution in [1.82, 2.24) is 4.98 Å². The molecule has 1 aromatic heterocycles. The molecule has 0 radical (unpaired) electrons. The van der Waals surface area contributed by atoms with Gasteiger partial charge < -0.3 is 10.2 Å². The zero-order chi connectivity index (χ0) is 16.9. The maximum absolute atomic E-state index is 11.6. The van der Waals surface area contributed by atoms with Gasteiger partial charge in [0, 0.05) is 31.5 Å². The van der Waals surface area contributed by atoms with E-state index in [1.54, 1.807) is 6.07 Å². The monoisotopic (exact) mass is 334 g/mol. The van der Waals surface area contributed by atoms with Crippen LogP contribution in [0.2, 0.25) is 0 Å². The highest BCUT2D eigenvalue weighted by atomic mass is 32.2. The SMILES string of the molecule is CCN(CCNc1ncccc1S(N)(=O)=O)c1cccc(C)c1. The maximum atomic E-state index is 11.6. The first-order valence-electron chi connectivity index (χ1n) is 7.45. The van der Waals surface area contributed by atoms with Crippen molar-refractivity contribution in [3.05, 3.63) is 48.2 Å². The number of rotatable bonds is 7. The van der Waals surface area contributed by atoms with E-state index in [0.29, 0.717) is 6.54 Å². The fraction of sp³-hybridized carbons (Fsp3) is 0.312. The summed E-state index contributed by atoms with van der Waals surface area (Å²) >= 11 is 0. The van der Waals surface area contributed by atoms with E-state index in [1.165, 1.54) is 17.8 Å². The minimum Gasteiger partial charge on any atom is -0.370 e. The van der Waals surface area contributed by atoms with Crippen molar-refractivity contribution in [1.29, 1.82) is 0 Å². The summed E-state index contributed by atoms with van der Waals surface area (Å²) in [7, 11) is -3.79. The molecule has 0 amide bonds. The zero-order valence-corrected chi connectivity index (χ0v) is 14.2. The Hall–Kier alpha value is -2.12. The number of hydrogen-bond donors (Lipinski definition) is 2. The predicted molar refractivity (Wildman–Crippen MR) is 93.2 cm³/mol. The minimum absolute atomic E-state index is 0.0126. The summed E-state index contributed by atoms with van der Waals surface area (Å²) in [6, 6.07) is 11.3. The molecule has 0 saturated heterocycles. The Morgan fingerprint density at radius 1 is 1.26 bits per heavy atom. The first-order chi connectivity index (χ1) is 10.9. The Morgan fingerprint density at radius 2 is 2.04 bits per heavy atom. The Labute approximate surface area is 137 Å². The second-order valence-corrected chi connectivity index (χ2v) is 6.77. The van der Waals surface area contributed by atoms with Gasteiger partial charge in [-0.2, -0.15) is 0 Å². The van der Waals surface area contributed by atoms with Crippen molar-refractivity contribution in [2.45, 2.75) is 18.7 Å². The van der Waals surface area contributed by atoms with Gasteiger partial charge in [-0.15, -0.1) is 0 Å². The molecule has 0 spiro atoms. The van der Waals surface area contributed by atoms with Crippen LogP contribution in [0.25, 0.3) is 0 Å². The fourth-order valence-electron chi connectivity index (χ4n) is 2.36. The third-order valence-electron chi connectivity index (χ3n) is 3.50. The van der Waals surface area contributed by atoms with E-state index in [0.717, 1.165) is 18.8 Å². The van der Waals surface area contributed by atoms with E-state index in [4.69, 9.17) is 5.14 Å². The third kappa shape index (κ3) is 4.67. The van der Waals surface area contributed by atoms with Crippen molar-refractivity contribution >= 4 is 21.5 Å². The number of likely N-dealkylation sites (N-methyl/N-ethyl adjacent to an activating group) is 1. The van der Waals surface area contributed by atoms with Gasteiger partial charge >= 0.3 is 0 Å². The molecule has 6 nitrogen and oxygen atoms in total. The van der Waals surface area contributed by atoms with Gasteiger partial charge in [-0.3, -0.25) is 0 Å². The van der Waals surface area contributed by atoms with Crippen LogP contribution in [0.3, 0.4) is 0 Å². The van der Waals surface area contributed by atoms with Gasteiger partial charge in [-0.05, 0) is 43.7 Å². The number of hydrogen-bond acceptors (Lipinski definition) is 5. The van der Waals surface area contributed by atoms with Gasteiger partial charge in [0.2, 0.25) is 10.0 Å². The smallest absolute Gasteiger partial charge is 0.241 e. The topological polar surface area (TPSA) is 88.3 Å². The van der Waals surface area contributed by atoms with Crippen LogP contribution in [0.5, 0.6) is 0 Å². The van der Waals surface area contributed by atoms with Gasteiger partial charge in [0.15, 0.2) is 0 Å². The molecule has 3 N–H and O–H groups in total. The summed E-state index contributed by atoms with van der Waals surface area (Å²) in [5, 5.41) is 8.26. The lowest BCUT2D eigenvalue weighted by Crippen LogP contribution is -2.29. The summed E-state index contributed by atoms with van der Waals surface area (Å²) in [6.45, 7) is 6.28. The van der Waals surface area contributed by atoms with Gasteiger partial charge in [-0.25, -0.2) is 18.5 Å². The first-order valence-corrected chi connectivity index (χ1v) is 8.99. The largest absolute Gasteiger partial charge is 0.370 e. The van der Waals surface area contributed by atoms with E-state index < -0.39 is 10.0 Å². The summed E-state index contributed by atoms with van der Waals surface area (Å²) in [4.78, 5) is 6.29. The number of benzene rings is 1. The molecule has 1 aromatic carbocycles. The predicted octanol–water partition coefficient (Wildman–Crippen LogP) is 1.98. The van der Waals surface area contributed by atoms with Crippen LogP contribution in [0.15, 0.2) is 47.5 Å². The molecule has 7 heteroatoms. The van der Waals surface area contributed by atoms with Crippen LogP contribution in [0, 0.1) is 6.92 Å². The van der Waals surface area contributed by atoms with Crippen LogP contribution in [0.4, 0.5) is 11.5 Å². The Kier molecular flexibility index (Phi) is 5.57. The summed E-state index contributed by atoms with van der Waals surface area (Å²) in [5.74, 6) is 0.287. The average molecular weight is 334 g/mol. The Bertz CT molecular complexity index is 762. The zero-order valence-electron chi connectivity index (χ0n) is 13.4. The highest BCUT2D eigenvalue weighted by molar-refractivity contribution is 7.89. The van der Waals surface area contributed by atoms with Crippen LogP contribution < -0.4 is 15.4 Å². The highest BCUT2D eigenvalue weighted by Crippen LogP contribution is 2.17. The molecule has 0 atom stereocenters. The van der Waals surface area contributed by atoms with Crippen molar-refractivity contribution in [3.63, 3.8) is 0 Å². The number of nitrogens with two attached hydrogens (primary N) is 1. The normalized spacial score (nSPS) is 11.3. The van der Waals surface area contributed by atoms with Crippen molar-refractivity contribution in [3.8, 4) is 0 Å². The lowest BCUT2D eigenvalue weighted by molar-refractivity contribution is 0.597. The molecule has 0 fully saturated rings. The summed E-state index contributed by atoms with van der Waals surface area (Å²) < 4.78 is 23.1. The molecule has 0 aliphatic rings. The lowest BCUT2D eigenvalue weighted by Gasteiger charge is -2.24. The second kappa shape index (κ2) is 7.43. The molecule has 2 aromatic rings. The standard InChI is InChI=1S/C16H22N4O2S/c1-3-20(14-7-4-6-13(2)12-14)11-10-19-16-15(23(17,21)22)8-5-9-18-16/h4-9,12H,3,10-11H2,1-2H3,(H,18,19)(H2,17,21,22). The van der Waals surface area contributed by atoms with E-state index in [-0.39, 0.29) is 10.7 Å². The van der Waals surface area contributed by atoms with E-state index in [2.05, 4.69) is 47.2 Å². The number of anilines is 2. The van der Waals surface area contributed by atoms with Crippen LogP contribution in [-0.4, -0.2) is 33.0 Å². The Morgan fingerprint density at radius 3 is 2.70 bits per heavy atom. The lowest BCUT2D eigenvalue weighted by atomic mass is 10.2. The molecule has 0 saturated carbocycles. The second-order valence-electron chi connectivity index (χ2n) is 5.24. The maximum Gasteiger partial charge on any atom is 0.241 e. The number of aryl methyl sites for hydroxylation is 1. The van der Waals surface area contributed by atoms with Crippen LogP contribution >= 0.6 is 0 Å². The highest BCUT2D eigenvalue weighted by Gasteiger charge is 2.14. The number of nitrogens with zero attached hydrogens (tertiary/aromatic N) is 2. The quantitative estimate of drug-likeness (QED) is 0.808. The van der Waals surface area contributed by atoms with Crippen molar-refractivity contribution in [2.75, 3.05) is 29.9 Å². The summed E-state index contributed by atoms with van der Waals surface area (Å²) in [5.41, 5.74) is 2.34. The molecule has 124 valence electrons. The van der Waals surface area contributed by atoms with Crippen LogP contribution in [0.1, 0.15) is 12.5 Å². The number of pyridine rings is 1. The molecule has 2 rings (SSSR count). The van der Waals surface area contributed by atoms with E-state index in [9.17, 15) is 8.42 Å². The number of aromatic nitrogens is 1. The van der Waals surface area contributed by atoms with E-state index >= 15 is 0 Å². The molecule has 23 heavy (non-hydrogen) atoms. The fourth-order valence-corrected chi connectivity index (χ4v) is 3.02. The number of primary sulfonamides is 1. The minimum atomic E-state index is -3.79. The van der Waals surface area contributed by atoms with Gasteiger partial charge in [0.05, 0.1) is 0 Å². The van der Waals surface area contributed by atoms with Gasteiger partial charge in [-0.1, -0.05) is 12.1 Å². The molecule has 0 unspecified atom stereocenters. The van der Waals surface area contributed by atoms with Crippen LogP contribution in [-0.2, 0) is 10.0 Å². The Balaban J connectivity index is 2.04.